The number of hydrogen-bond donors (Lipinski definition) is 0. The van der Waals surface area contributed by atoms with Crippen LogP contribution < -0.4 is 0 Å². The van der Waals surface area contributed by atoms with Gasteiger partial charge in [-0.25, -0.2) is 9.50 Å². The first kappa shape index (κ1) is 11.6. The van der Waals surface area contributed by atoms with Crippen molar-refractivity contribution in [2.24, 2.45) is 0 Å². The number of ether oxygens (including phenoxy) is 1. The second kappa shape index (κ2) is 4.53. The lowest BCUT2D eigenvalue weighted by Gasteiger charge is -2.05. The van der Waals surface area contributed by atoms with Crippen LogP contribution in [0.4, 0.5) is 0 Å². The third-order valence-corrected chi connectivity index (χ3v) is 2.50. The van der Waals surface area contributed by atoms with Gasteiger partial charge in [0.25, 0.3) is 0 Å². The van der Waals surface area contributed by atoms with E-state index in [1.54, 1.807) is 11.4 Å². The Morgan fingerprint density at radius 2 is 2.24 bits per heavy atom. The molecule has 0 bridgehead atoms. The van der Waals surface area contributed by atoms with Gasteiger partial charge in [0, 0.05) is 23.5 Å². The van der Waals surface area contributed by atoms with E-state index >= 15 is 0 Å². The van der Waals surface area contributed by atoms with E-state index in [4.69, 9.17) is 4.74 Å². The van der Waals surface area contributed by atoms with Crippen molar-refractivity contribution in [2.75, 3.05) is 6.61 Å². The molecular weight excluding hydrogens is 218 g/mol. The van der Waals surface area contributed by atoms with E-state index in [-0.39, 0.29) is 12.4 Å². The summed E-state index contributed by atoms with van der Waals surface area (Å²) in [6.07, 6.45) is 2.07. The van der Waals surface area contributed by atoms with Gasteiger partial charge in [0.1, 0.15) is 0 Å². The average molecular weight is 233 g/mol. The molecule has 0 aliphatic rings. The zero-order valence-corrected chi connectivity index (χ0v) is 10.2. The van der Waals surface area contributed by atoms with E-state index in [2.05, 4.69) is 10.1 Å². The van der Waals surface area contributed by atoms with Crippen molar-refractivity contribution in [3.05, 3.63) is 29.2 Å². The zero-order valence-electron chi connectivity index (χ0n) is 10.2. The predicted octanol–water partition coefficient (Wildman–Crippen LogP) is 1.45. The largest absolute Gasteiger partial charge is 0.466 e. The normalized spacial score (nSPS) is 10.8. The highest BCUT2D eigenvalue weighted by atomic mass is 16.5. The molecule has 0 fully saturated rings. The summed E-state index contributed by atoms with van der Waals surface area (Å²) in [5.74, 6) is -0.236. The first-order valence-electron chi connectivity index (χ1n) is 5.58. The Kier molecular flexibility index (Phi) is 3.08. The van der Waals surface area contributed by atoms with Gasteiger partial charge in [0.05, 0.1) is 18.7 Å². The number of hydrogen-bond acceptors (Lipinski definition) is 4. The Balaban J connectivity index is 2.33. The summed E-state index contributed by atoms with van der Waals surface area (Å²) in [6.45, 7) is 5.99. The van der Waals surface area contributed by atoms with Crippen LogP contribution in [-0.2, 0) is 16.0 Å². The summed E-state index contributed by atoms with van der Waals surface area (Å²) >= 11 is 0. The minimum absolute atomic E-state index is 0.236. The number of rotatable bonds is 3. The van der Waals surface area contributed by atoms with Crippen molar-refractivity contribution in [1.82, 2.24) is 14.6 Å². The number of carbonyl (C=O) groups excluding carboxylic acids is 1. The molecule has 90 valence electrons. The predicted molar refractivity (Wildman–Crippen MR) is 62.8 cm³/mol. The highest BCUT2D eigenvalue weighted by molar-refractivity contribution is 5.72. The van der Waals surface area contributed by atoms with Gasteiger partial charge in [0.2, 0.25) is 0 Å². The summed E-state index contributed by atoms with van der Waals surface area (Å²) in [6, 6.07) is 1.90. The highest BCUT2D eigenvalue weighted by Gasteiger charge is 2.10. The zero-order chi connectivity index (χ0) is 12.4. The Hall–Kier alpha value is -1.91. The van der Waals surface area contributed by atoms with Gasteiger partial charge >= 0.3 is 5.97 Å². The van der Waals surface area contributed by atoms with Crippen molar-refractivity contribution < 1.29 is 9.53 Å². The molecule has 2 heterocycles. The fourth-order valence-corrected chi connectivity index (χ4v) is 1.71. The molecule has 0 aliphatic heterocycles. The lowest BCUT2D eigenvalue weighted by molar-refractivity contribution is -0.142. The molecule has 0 aromatic carbocycles. The van der Waals surface area contributed by atoms with E-state index in [9.17, 15) is 4.79 Å². The second-order valence-electron chi connectivity index (χ2n) is 3.92. The topological polar surface area (TPSA) is 56.5 Å². The van der Waals surface area contributed by atoms with Crippen molar-refractivity contribution in [3.8, 4) is 0 Å². The first-order chi connectivity index (χ1) is 8.10. The van der Waals surface area contributed by atoms with Crippen LogP contribution in [-0.4, -0.2) is 27.2 Å². The van der Waals surface area contributed by atoms with Gasteiger partial charge in [-0.1, -0.05) is 0 Å². The fraction of sp³-hybridized carbons (Fsp3) is 0.417. The summed E-state index contributed by atoms with van der Waals surface area (Å²) in [5.41, 5.74) is 3.39. The van der Waals surface area contributed by atoms with E-state index in [0.29, 0.717) is 6.61 Å². The molecule has 0 radical (unpaired) electrons. The molecular formula is C12H15N3O2. The van der Waals surface area contributed by atoms with Crippen LogP contribution in [0.5, 0.6) is 0 Å². The van der Waals surface area contributed by atoms with Gasteiger partial charge in [-0.2, -0.15) is 5.10 Å². The van der Waals surface area contributed by atoms with Crippen molar-refractivity contribution in [3.63, 3.8) is 0 Å². The molecule has 17 heavy (non-hydrogen) atoms. The summed E-state index contributed by atoms with van der Waals surface area (Å²) < 4.78 is 6.61. The summed E-state index contributed by atoms with van der Waals surface area (Å²) in [5, 5.41) is 4.27. The number of aromatic nitrogens is 3. The van der Waals surface area contributed by atoms with Crippen LogP contribution >= 0.6 is 0 Å². The lowest BCUT2D eigenvalue weighted by Crippen LogP contribution is -2.10. The Morgan fingerprint density at radius 3 is 2.94 bits per heavy atom. The standard InChI is InChI=1S/C12H15N3O2/c1-4-17-12(16)6-10-7-15-11(13-9(10)3)5-8(2)14-15/h5,7H,4,6H2,1-3H3. The number of fused-ring (bicyclic) bond motifs is 1. The average Bonchev–Trinajstić information content (AvgIpc) is 2.58. The van der Waals surface area contributed by atoms with Crippen molar-refractivity contribution >= 4 is 11.6 Å². The minimum atomic E-state index is -0.236. The van der Waals surface area contributed by atoms with Crippen LogP contribution in [0.25, 0.3) is 5.65 Å². The van der Waals surface area contributed by atoms with E-state index in [0.717, 1.165) is 22.6 Å². The van der Waals surface area contributed by atoms with Crippen LogP contribution in [0, 0.1) is 13.8 Å². The van der Waals surface area contributed by atoms with Gasteiger partial charge < -0.3 is 4.74 Å². The monoisotopic (exact) mass is 233 g/mol. The number of nitrogens with zero attached hydrogens (tertiary/aromatic N) is 3. The fourth-order valence-electron chi connectivity index (χ4n) is 1.71. The van der Waals surface area contributed by atoms with Crippen LogP contribution in [0.3, 0.4) is 0 Å². The molecule has 0 spiro atoms. The Bertz CT molecular complexity index is 560. The maximum Gasteiger partial charge on any atom is 0.310 e. The SMILES string of the molecule is CCOC(=O)Cc1cn2nc(C)cc2nc1C. The van der Waals surface area contributed by atoms with Gasteiger partial charge in [-0.15, -0.1) is 0 Å². The maximum absolute atomic E-state index is 11.4. The van der Waals surface area contributed by atoms with Crippen molar-refractivity contribution in [1.29, 1.82) is 0 Å². The molecule has 0 saturated carbocycles. The summed E-state index contributed by atoms with van der Waals surface area (Å²) in [4.78, 5) is 15.8. The molecule has 2 aromatic rings. The van der Waals surface area contributed by atoms with Gasteiger partial charge in [0.15, 0.2) is 5.65 Å². The van der Waals surface area contributed by atoms with Crippen LogP contribution in [0.2, 0.25) is 0 Å². The van der Waals surface area contributed by atoms with Gasteiger partial charge in [-0.05, 0) is 20.8 Å². The van der Waals surface area contributed by atoms with Crippen molar-refractivity contribution in [2.45, 2.75) is 27.2 Å². The van der Waals surface area contributed by atoms with E-state index < -0.39 is 0 Å². The molecule has 0 aliphatic carbocycles. The first-order valence-corrected chi connectivity index (χ1v) is 5.58. The maximum atomic E-state index is 11.4. The molecule has 0 atom stereocenters. The summed E-state index contributed by atoms with van der Waals surface area (Å²) in [7, 11) is 0. The van der Waals surface area contributed by atoms with E-state index in [1.165, 1.54) is 0 Å². The molecule has 5 heteroatoms. The molecule has 0 saturated heterocycles. The number of carbonyl (C=O) groups is 1. The lowest BCUT2D eigenvalue weighted by atomic mass is 10.2. The third kappa shape index (κ3) is 2.43. The van der Waals surface area contributed by atoms with Crippen LogP contribution in [0.1, 0.15) is 23.9 Å². The molecule has 0 amide bonds. The third-order valence-electron chi connectivity index (χ3n) is 2.50. The molecule has 0 unspecified atom stereocenters. The highest BCUT2D eigenvalue weighted by Crippen LogP contribution is 2.10. The molecule has 0 N–H and O–H groups in total. The number of esters is 1. The quantitative estimate of drug-likeness (QED) is 0.753. The molecule has 2 aromatic heterocycles. The Morgan fingerprint density at radius 1 is 1.47 bits per heavy atom. The van der Waals surface area contributed by atoms with E-state index in [1.807, 2.05) is 26.1 Å². The smallest absolute Gasteiger partial charge is 0.310 e. The second-order valence-corrected chi connectivity index (χ2v) is 3.92. The molecule has 5 nitrogen and oxygen atoms in total. The van der Waals surface area contributed by atoms with Crippen LogP contribution in [0.15, 0.2) is 12.3 Å². The minimum Gasteiger partial charge on any atom is -0.466 e. The van der Waals surface area contributed by atoms with Gasteiger partial charge in [-0.3, -0.25) is 4.79 Å². The number of aryl methyl sites for hydroxylation is 2. The Labute approximate surface area is 99.4 Å². The molecule has 2 rings (SSSR count).